The Morgan fingerprint density at radius 3 is 2.12 bits per heavy atom. The summed E-state index contributed by atoms with van der Waals surface area (Å²) < 4.78 is 0. The van der Waals surface area contributed by atoms with Crippen LogP contribution in [0, 0.1) is 0 Å². The number of ketones is 1. The van der Waals surface area contributed by atoms with Crippen LogP contribution in [-0.2, 0) is 25.6 Å². The normalized spacial score (nSPS) is 12.8. The highest BCUT2D eigenvalue weighted by molar-refractivity contribution is 5.90. The maximum absolute atomic E-state index is 12.4. The van der Waals surface area contributed by atoms with Crippen LogP contribution in [0.25, 0.3) is 0 Å². The van der Waals surface area contributed by atoms with Crippen molar-refractivity contribution in [3.05, 3.63) is 35.9 Å². The lowest BCUT2D eigenvalue weighted by molar-refractivity contribution is -0.142. The molecule has 0 aliphatic carbocycles. The molecule has 0 spiro atoms. The average molecular weight is 334 g/mol. The van der Waals surface area contributed by atoms with E-state index in [1.807, 2.05) is 30.3 Å². The first-order chi connectivity index (χ1) is 11.3. The van der Waals surface area contributed by atoms with Crippen LogP contribution < -0.4 is 10.6 Å². The molecule has 0 radical (unpaired) electrons. The van der Waals surface area contributed by atoms with Crippen molar-refractivity contribution in [2.45, 2.75) is 45.2 Å². The van der Waals surface area contributed by atoms with Crippen molar-refractivity contribution < 1.29 is 24.3 Å². The molecule has 3 N–H and O–H groups in total. The summed E-state index contributed by atoms with van der Waals surface area (Å²) in [6, 6.07) is 7.02. The molecule has 1 rings (SSSR count). The zero-order valence-electron chi connectivity index (χ0n) is 13.7. The summed E-state index contributed by atoms with van der Waals surface area (Å²) in [7, 11) is 0. The number of carboxylic acids is 1. The maximum Gasteiger partial charge on any atom is 0.326 e. The van der Waals surface area contributed by atoms with Gasteiger partial charge in [0.05, 0.1) is 0 Å². The number of nitrogens with one attached hydrogen (secondary N) is 2. The van der Waals surface area contributed by atoms with Crippen molar-refractivity contribution in [1.29, 1.82) is 0 Å². The van der Waals surface area contributed by atoms with Gasteiger partial charge in [0.1, 0.15) is 17.9 Å². The molecule has 0 saturated carbocycles. The van der Waals surface area contributed by atoms with Crippen LogP contribution in [0.4, 0.5) is 0 Å². The van der Waals surface area contributed by atoms with Gasteiger partial charge in [-0.25, -0.2) is 4.79 Å². The van der Waals surface area contributed by atoms with E-state index in [2.05, 4.69) is 10.6 Å². The standard InChI is InChI=1S/C17H22N2O5/c1-11(20)8-9-14(17(23)24)19-16(22)15(18-12(2)21)10-13-6-4-3-5-7-13/h3-7,14-15H,8-10H2,1-2H3,(H,18,21)(H,19,22)(H,23,24)/t14-,15-/m0/s1. The van der Waals surface area contributed by atoms with Crippen LogP contribution in [0.5, 0.6) is 0 Å². The van der Waals surface area contributed by atoms with Crippen molar-refractivity contribution in [2.75, 3.05) is 0 Å². The summed E-state index contributed by atoms with van der Waals surface area (Å²) in [6.07, 6.45) is 0.306. The van der Waals surface area contributed by atoms with Gasteiger partial charge in [-0.15, -0.1) is 0 Å². The van der Waals surface area contributed by atoms with E-state index in [1.54, 1.807) is 0 Å². The summed E-state index contributed by atoms with van der Waals surface area (Å²) in [5, 5.41) is 14.1. The molecule has 0 fully saturated rings. The molecule has 0 aromatic heterocycles. The summed E-state index contributed by atoms with van der Waals surface area (Å²) in [4.78, 5) is 46.0. The molecular weight excluding hydrogens is 312 g/mol. The molecule has 0 bridgehead atoms. The van der Waals surface area contributed by atoms with Gasteiger partial charge in [0.25, 0.3) is 0 Å². The minimum Gasteiger partial charge on any atom is -0.480 e. The molecule has 24 heavy (non-hydrogen) atoms. The Kier molecular flexibility index (Phi) is 7.61. The van der Waals surface area contributed by atoms with Gasteiger partial charge in [0, 0.05) is 19.8 Å². The van der Waals surface area contributed by atoms with E-state index < -0.39 is 24.0 Å². The minimum atomic E-state index is -1.22. The Hall–Kier alpha value is -2.70. The van der Waals surface area contributed by atoms with Crippen LogP contribution in [0.3, 0.4) is 0 Å². The van der Waals surface area contributed by atoms with Gasteiger partial charge in [-0.05, 0) is 18.9 Å². The number of hydrogen-bond acceptors (Lipinski definition) is 4. The molecule has 1 aromatic carbocycles. The molecule has 0 saturated heterocycles. The Bertz CT molecular complexity index is 600. The first-order valence-electron chi connectivity index (χ1n) is 7.63. The maximum atomic E-state index is 12.4. The zero-order chi connectivity index (χ0) is 18.1. The third-order valence-electron chi connectivity index (χ3n) is 3.38. The van der Waals surface area contributed by atoms with Crippen LogP contribution in [-0.4, -0.2) is 40.8 Å². The summed E-state index contributed by atoms with van der Waals surface area (Å²) in [6.45, 7) is 2.64. The van der Waals surface area contributed by atoms with E-state index in [0.717, 1.165) is 5.56 Å². The summed E-state index contributed by atoms with van der Waals surface area (Å²) >= 11 is 0. The number of Topliss-reactive ketones (excluding diaryl/α,β-unsaturated/α-hetero) is 1. The molecule has 0 aliphatic rings. The summed E-state index contributed by atoms with van der Waals surface area (Å²) in [5.74, 6) is -2.35. The first kappa shape index (κ1) is 19.3. The van der Waals surface area contributed by atoms with Gasteiger partial charge < -0.3 is 20.5 Å². The molecule has 1 aromatic rings. The van der Waals surface area contributed by atoms with Gasteiger partial charge in [-0.3, -0.25) is 9.59 Å². The first-order valence-corrected chi connectivity index (χ1v) is 7.63. The number of carbonyl (C=O) groups is 4. The van der Waals surface area contributed by atoms with E-state index in [0.29, 0.717) is 0 Å². The second-order valence-corrected chi connectivity index (χ2v) is 5.58. The molecule has 0 aliphatic heterocycles. The van der Waals surface area contributed by atoms with E-state index in [9.17, 15) is 24.3 Å². The van der Waals surface area contributed by atoms with Crippen molar-refractivity contribution in [1.82, 2.24) is 10.6 Å². The lowest BCUT2D eigenvalue weighted by Crippen LogP contribution is -2.52. The van der Waals surface area contributed by atoms with Crippen molar-refractivity contribution >= 4 is 23.6 Å². The van der Waals surface area contributed by atoms with E-state index in [-0.39, 0.29) is 31.0 Å². The quantitative estimate of drug-likeness (QED) is 0.614. The molecule has 0 heterocycles. The fraction of sp³-hybridized carbons (Fsp3) is 0.412. The summed E-state index contributed by atoms with van der Waals surface area (Å²) in [5.41, 5.74) is 0.835. The van der Waals surface area contributed by atoms with Crippen molar-refractivity contribution in [3.8, 4) is 0 Å². The van der Waals surface area contributed by atoms with Gasteiger partial charge in [-0.1, -0.05) is 30.3 Å². The second kappa shape index (κ2) is 9.44. The fourth-order valence-corrected chi connectivity index (χ4v) is 2.18. The fourth-order valence-electron chi connectivity index (χ4n) is 2.18. The number of aliphatic carboxylic acids is 1. The van der Waals surface area contributed by atoms with Crippen LogP contribution in [0.2, 0.25) is 0 Å². The van der Waals surface area contributed by atoms with Gasteiger partial charge in [0.2, 0.25) is 11.8 Å². The predicted octanol–water partition coefficient (Wildman–Crippen LogP) is 0.672. The molecule has 0 unspecified atom stereocenters. The topological polar surface area (TPSA) is 113 Å². The number of carbonyl (C=O) groups excluding carboxylic acids is 3. The Morgan fingerprint density at radius 2 is 1.62 bits per heavy atom. The van der Waals surface area contributed by atoms with Gasteiger partial charge >= 0.3 is 5.97 Å². The highest BCUT2D eigenvalue weighted by atomic mass is 16.4. The molecule has 7 heteroatoms. The highest BCUT2D eigenvalue weighted by Gasteiger charge is 2.26. The molecule has 2 amide bonds. The minimum absolute atomic E-state index is 0.00847. The number of amides is 2. The van der Waals surface area contributed by atoms with Crippen molar-refractivity contribution in [3.63, 3.8) is 0 Å². The third kappa shape index (κ3) is 7.04. The van der Waals surface area contributed by atoms with Gasteiger partial charge in [0.15, 0.2) is 0 Å². The Morgan fingerprint density at radius 1 is 1.00 bits per heavy atom. The Balaban J connectivity index is 2.79. The number of hydrogen-bond donors (Lipinski definition) is 3. The molecular formula is C17H22N2O5. The van der Waals surface area contributed by atoms with E-state index >= 15 is 0 Å². The largest absolute Gasteiger partial charge is 0.480 e. The van der Waals surface area contributed by atoms with Crippen molar-refractivity contribution in [2.24, 2.45) is 0 Å². The zero-order valence-corrected chi connectivity index (χ0v) is 13.7. The van der Waals surface area contributed by atoms with Crippen LogP contribution in [0.1, 0.15) is 32.3 Å². The van der Waals surface area contributed by atoms with Crippen LogP contribution >= 0.6 is 0 Å². The molecule has 130 valence electrons. The highest BCUT2D eigenvalue weighted by Crippen LogP contribution is 2.05. The smallest absolute Gasteiger partial charge is 0.326 e. The SMILES string of the molecule is CC(=O)CC[C@H](NC(=O)[C@H](Cc1ccccc1)NC(C)=O)C(=O)O. The van der Waals surface area contributed by atoms with E-state index in [1.165, 1.54) is 13.8 Å². The number of rotatable bonds is 9. The number of carboxylic acid groups (broad SMARTS) is 1. The van der Waals surface area contributed by atoms with Crippen LogP contribution in [0.15, 0.2) is 30.3 Å². The predicted molar refractivity (Wildman–Crippen MR) is 87.2 cm³/mol. The van der Waals surface area contributed by atoms with E-state index in [4.69, 9.17) is 0 Å². The Labute approximate surface area is 140 Å². The average Bonchev–Trinajstić information content (AvgIpc) is 2.50. The lowest BCUT2D eigenvalue weighted by atomic mass is 10.0. The molecule has 2 atom stereocenters. The second-order valence-electron chi connectivity index (χ2n) is 5.58. The molecule has 7 nitrogen and oxygen atoms in total. The monoisotopic (exact) mass is 334 g/mol. The lowest BCUT2D eigenvalue weighted by Gasteiger charge is -2.21. The van der Waals surface area contributed by atoms with Gasteiger partial charge in [-0.2, -0.15) is 0 Å². The number of benzene rings is 1. The third-order valence-corrected chi connectivity index (χ3v) is 3.38.